The number of aliphatic hydroxyl groups excluding tert-OH is 1. The van der Waals surface area contributed by atoms with Crippen molar-refractivity contribution in [3.63, 3.8) is 0 Å². The number of nitrogens with one attached hydrogen (secondary N) is 4. The molecule has 18 nitrogen and oxygen atoms in total. The smallest absolute Gasteiger partial charge is 0.246 e. The van der Waals surface area contributed by atoms with E-state index in [1.807, 2.05) is 98.9 Å². The van der Waals surface area contributed by atoms with Crippen LogP contribution in [0.5, 0.6) is 0 Å². The van der Waals surface area contributed by atoms with Gasteiger partial charge in [-0.3, -0.25) is 28.9 Å². The number of amides is 5. The van der Waals surface area contributed by atoms with E-state index < -0.39 is 35.0 Å². The number of aliphatic hydroxyl groups is 1. The minimum Gasteiger partial charge on any atom is -0.391 e. The minimum atomic E-state index is -1.04. The van der Waals surface area contributed by atoms with Crippen molar-refractivity contribution in [3.8, 4) is 10.4 Å². The number of halogens is 1. The van der Waals surface area contributed by atoms with Gasteiger partial charge in [-0.1, -0.05) is 68.8 Å². The van der Waals surface area contributed by atoms with E-state index >= 15 is 0 Å². The lowest BCUT2D eigenvalue weighted by Crippen LogP contribution is -2.60. The largest absolute Gasteiger partial charge is 0.391 e. The number of hydrogen-bond acceptors (Lipinski definition) is 13. The molecule has 7 N–H and O–H groups in total. The van der Waals surface area contributed by atoms with Gasteiger partial charge in [-0.2, -0.15) is 0 Å². The quantitative estimate of drug-likeness (QED) is 0.0630. The summed E-state index contributed by atoms with van der Waals surface area (Å²) in [5.74, 6) is -0.431. The van der Waals surface area contributed by atoms with Crippen LogP contribution in [-0.4, -0.2) is 145 Å². The van der Waals surface area contributed by atoms with Gasteiger partial charge in [0.25, 0.3) is 0 Å². The van der Waals surface area contributed by atoms with Gasteiger partial charge in [0.15, 0.2) is 0 Å². The maximum atomic E-state index is 14.1. The van der Waals surface area contributed by atoms with Crippen molar-refractivity contribution in [1.82, 2.24) is 50.6 Å². The number of hydrogen-bond donors (Lipinski definition) is 6. The molecule has 3 aliphatic heterocycles. The standard InChI is InChI=1S/C53H69ClN12O6S/c1-34-45(73-33-60-34)37-11-9-35(10-12-37)30-57-49(70)42-29-39(67)31-66(42)50(71)46(52(2,3)4)62-43(68)7-5-6-8-44(69)64-27-25-63(26-28-64)22-18-41(36-13-15-38(54)16-14-36)61-51(72)53(55)19-23-65(24-20-53)48-40-17-21-56-47(40)58-32-59-48/h9-17,21,32-33,39,41-42,46,67H,5-8,18-20,22-31,55H2,1-4H3,(H,57,70)(H,61,72)(H,62,68)(H,56,58,59)/t39-,41+,42+,46?/m1/s1. The van der Waals surface area contributed by atoms with Gasteiger partial charge >= 0.3 is 0 Å². The number of aromatic amines is 1. The van der Waals surface area contributed by atoms with Crippen LogP contribution in [0.2, 0.25) is 5.02 Å². The number of carbonyl (C=O) groups excluding carboxylic acids is 5. The molecule has 5 aromatic rings. The Kier molecular flexibility index (Phi) is 17.1. The topological polar surface area (TPSA) is 235 Å². The number of H-pyrrole nitrogens is 1. The highest BCUT2D eigenvalue weighted by Crippen LogP contribution is 2.31. The number of thiazole rings is 1. The number of aromatic nitrogens is 4. The molecule has 390 valence electrons. The zero-order valence-electron chi connectivity index (χ0n) is 42.2. The molecule has 20 heteroatoms. The zero-order chi connectivity index (χ0) is 51.9. The van der Waals surface area contributed by atoms with E-state index in [2.05, 4.69) is 45.7 Å². The number of nitrogens with zero attached hydrogens (tertiary/aromatic N) is 7. The molecule has 5 amide bonds. The van der Waals surface area contributed by atoms with Crippen LogP contribution in [0.15, 0.2) is 72.6 Å². The maximum absolute atomic E-state index is 14.1. The molecule has 0 spiro atoms. The molecular weight excluding hydrogens is 968 g/mol. The second-order valence-electron chi connectivity index (χ2n) is 20.8. The number of fused-ring (bicyclic) bond motifs is 1. The first-order valence-electron chi connectivity index (χ1n) is 25.4. The molecule has 3 aromatic heterocycles. The van der Waals surface area contributed by atoms with E-state index in [1.165, 1.54) is 4.90 Å². The van der Waals surface area contributed by atoms with Crippen LogP contribution in [0.4, 0.5) is 5.82 Å². The first-order chi connectivity index (χ1) is 35.0. The van der Waals surface area contributed by atoms with Gasteiger partial charge in [-0.25, -0.2) is 15.0 Å². The minimum absolute atomic E-state index is 0.0129. The van der Waals surface area contributed by atoms with Crippen molar-refractivity contribution in [1.29, 1.82) is 0 Å². The molecule has 6 heterocycles. The molecular formula is C53H69ClN12O6S. The molecule has 3 fully saturated rings. The van der Waals surface area contributed by atoms with E-state index in [0.29, 0.717) is 89.4 Å². The predicted molar refractivity (Wildman–Crippen MR) is 282 cm³/mol. The van der Waals surface area contributed by atoms with Crippen molar-refractivity contribution >= 4 is 69.3 Å². The highest BCUT2D eigenvalue weighted by Gasteiger charge is 2.45. The average molecular weight is 1040 g/mol. The Labute approximate surface area is 435 Å². The summed E-state index contributed by atoms with van der Waals surface area (Å²) in [6.45, 7) is 12.1. The second-order valence-corrected chi connectivity index (χ2v) is 22.1. The van der Waals surface area contributed by atoms with Crippen molar-refractivity contribution in [2.24, 2.45) is 11.1 Å². The third-order valence-electron chi connectivity index (χ3n) is 14.5. The van der Waals surface area contributed by atoms with Crippen LogP contribution in [-0.2, 0) is 30.5 Å². The van der Waals surface area contributed by atoms with Gasteiger partial charge in [-0.05, 0) is 79.3 Å². The first kappa shape index (κ1) is 53.3. The number of anilines is 1. The molecule has 0 bridgehead atoms. The first-order valence-corrected chi connectivity index (χ1v) is 26.6. The van der Waals surface area contributed by atoms with Crippen LogP contribution in [0, 0.1) is 12.3 Å². The summed E-state index contributed by atoms with van der Waals surface area (Å²) in [7, 11) is 0. The fourth-order valence-electron chi connectivity index (χ4n) is 10.0. The molecule has 0 saturated carbocycles. The zero-order valence-corrected chi connectivity index (χ0v) is 43.8. The number of β-amino-alcohol motifs (C(OH)–C–C–N with tert-alkyl or cyclic N) is 1. The number of piperazine rings is 1. The Balaban J connectivity index is 0.758. The van der Waals surface area contributed by atoms with Crippen LogP contribution in [0.25, 0.3) is 21.5 Å². The lowest BCUT2D eigenvalue weighted by atomic mass is 9.85. The Morgan fingerprint density at radius 2 is 1.63 bits per heavy atom. The average Bonchev–Trinajstić information content (AvgIpc) is 4.15. The van der Waals surface area contributed by atoms with Crippen LogP contribution in [0.1, 0.15) is 95.0 Å². The fraction of sp³-hybridized carbons (Fsp3) is 0.509. The molecule has 73 heavy (non-hydrogen) atoms. The number of unbranched alkanes of at least 4 members (excludes halogenated alkanes) is 1. The number of likely N-dealkylation sites (tertiary alicyclic amines) is 1. The number of rotatable bonds is 18. The Hall–Kier alpha value is -5.99. The van der Waals surface area contributed by atoms with E-state index in [0.717, 1.165) is 44.1 Å². The van der Waals surface area contributed by atoms with Crippen LogP contribution < -0.4 is 26.6 Å². The predicted octanol–water partition coefficient (Wildman–Crippen LogP) is 5.10. The van der Waals surface area contributed by atoms with Gasteiger partial charge in [0.1, 0.15) is 29.9 Å². The third-order valence-corrected chi connectivity index (χ3v) is 15.8. The van der Waals surface area contributed by atoms with E-state index in [-0.39, 0.29) is 55.6 Å². The molecule has 0 radical (unpaired) electrons. The number of aryl methyl sites for hydroxylation is 1. The summed E-state index contributed by atoms with van der Waals surface area (Å²) >= 11 is 7.82. The van der Waals surface area contributed by atoms with Crippen LogP contribution in [0.3, 0.4) is 0 Å². The molecule has 8 rings (SSSR count). The highest BCUT2D eigenvalue weighted by molar-refractivity contribution is 7.13. The summed E-state index contributed by atoms with van der Waals surface area (Å²) in [5, 5.41) is 21.3. The Morgan fingerprint density at radius 1 is 0.918 bits per heavy atom. The highest BCUT2D eigenvalue weighted by atomic mass is 35.5. The SMILES string of the molecule is Cc1ncsc1-c1ccc(CNC(=O)[C@@H]2C[C@@H](O)CN2C(=O)C(NC(=O)CCCCC(=O)N2CCN(CC[C@H](NC(=O)C3(N)CCN(c4ncnc5[nH]ccc45)CC3)c3ccc(Cl)cc3)CC2)C(C)(C)C)cc1. The van der Waals surface area contributed by atoms with E-state index in [4.69, 9.17) is 17.3 Å². The van der Waals surface area contributed by atoms with E-state index in [1.54, 1.807) is 17.7 Å². The Morgan fingerprint density at radius 3 is 2.32 bits per heavy atom. The maximum Gasteiger partial charge on any atom is 0.246 e. The summed E-state index contributed by atoms with van der Waals surface area (Å²) in [5.41, 5.74) is 11.5. The van der Waals surface area contributed by atoms with Crippen molar-refractivity contribution in [3.05, 3.63) is 94.5 Å². The fourth-order valence-corrected chi connectivity index (χ4v) is 11.0. The monoisotopic (exact) mass is 1040 g/mol. The normalized spacial score (nSPS) is 19.1. The summed E-state index contributed by atoms with van der Waals surface area (Å²) in [6, 6.07) is 15.2. The van der Waals surface area contributed by atoms with Gasteiger partial charge in [-0.15, -0.1) is 11.3 Å². The number of carbonyl (C=O) groups is 5. The number of benzene rings is 2. The molecule has 3 saturated heterocycles. The van der Waals surface area contributed by atoms with Gasteiger partial charge in [0, 0.05) is 89.4 Å². The van der Waals surface area contributed by atoms with Gasteiger partial charge in [0.05, 0.1) is 39.2 Å². The van der Waals surface area contributed by atoms with Gasteiger partial charge < -0.3 is 46.5 Å². The Bertz CT molecular complexity index is 2710. The molecule has 3 aliphatic rings. The van der Waals surface area contributed by atoms with Crippen molar-refractivity contribution < 1.29 is 29.1 Å². The van der Waals surface area contributed by atoms with Crippen molar-refractivity contribution in [2.45, 2.75) is 115 Å². The lowest BCUT2D eigenvalue weighted by molar-refractivity contribution is -0.144. The molecule has 4 atom stereocenters. The second kappa shape index (κ2) is 23.5. The third kappa shape index (κ3) is 13.2. The van der Waals surface area contributed by atoms with Gasteiger partial charge in [0.2, 0.25) is 29.5 Å². The summed E-state index contributed by atoms with van der Waals surface area (Å²) < 4.78 is 0. The molecule has 1 unspecified atom stereocenters. The lowest BCUT2D eigenvalue weighted by Gasteiger charge is -2.39. The number of piperidine rings is 1. The van der Waals surface area contributed by atoms with E-state index in [9.17, 15) is 29.1 Å². The van der Waals surface area contributed by atoms with Crippen LogP contribution >= 0.6 is 22.9 Å². The molecule has 0 aliphatic carbocycles. The summed E-state index contributed by atoms with van der Waals surface area (Å²) in [4.78, 5) is 93.4. The van der Waals surface area contributed by atoms with Crippen molar-refractivity contribution in [2.75, 3.05) is 57.3 Å². The summed E-state index contributed by atoms with van der Waals surface area (Å²) in [6.07, 6.45) is 5.57. The molecule has 2 aromatic carbocycles. The number of nitrogens with two attached hydrogens (primary N) is 1.